The van der Waals surface area contributed by atoms with E-state index in [1.54, 1.807) is 12.1 Å². The van der Waals surface area contributed by atoms with E-state index in [1.165, 1.54) is 23.6 Å². The molecule has 2 N–H and O–H groups in total. The van der Waals surface area contributed by atoms with Gasteiger partial charge in [0.15, 0.2) is 5.58 Å². The number of carbonyl (C=O) groups excluding carboxylic acids is 2. The maximum absolute atomic E-state index is 13.4. The van der Waals surface area contributed by atoms with Crippen LogP contribution in [-0.4, -0.2) is 16.4 Å². The molecule has 0 atom stereocenters. The van der Waals surface area contributed by atoms with Gasteiger partial charge in [0, 0.05) is 36.7 Å². The van der Waals surface area contributed by atoms with Crippen LogP contribution in [0.25, 0.3) is 11.1 Å². The van der Waals surface area contributed by atoms with Crippen molar-refractivity contribution in [3.8, 4) is 0 Å². The Balaban J connectivity index is 1.77. The average molecular weight is 442 g/mol. The van der Waals surface area contributed by atoms with E-state index in [0.29, 0.717) is 10.5 Å². The SMILES string of the molecule is CC(=O)Nc1ccc(NC(=O)CCn2c(=O)oc3cc(Cl)ccc32)c(C(F)(F)F)c1. The second kappa shape index (κ2) is 8.23. The van der Waals surface area contributed by atoms with Crippen LogP contribution < -0.4 is 16.4 Å². The van der Waals surface area contributed by atoms with E-state index in [9.17, 15) is 27.6 Å². The van der Waals surface area contributed by atoms with Crippen molar-refractivity contribution in [2.75, 3.05) is 10.6 Å². The fourth-order valence-corrected chi connectivity index (χ4v) is 3.01. The van der Waals surface area contributed by atoms with Crippen molar-refractivity contribution in [3.63, 3.8) is 0 Å². The van der Waals surface area contributed by atoms with E-state index < -0.39 is 35.0 Å². The van der Waals surface area contributed by atoms with Crippen molar-refractivity contribution in [1.82, 2.24) is 4.57 Å². The summed E-state index contributed by atoms with van der Waals surface area (Å²) in [5, 5.41) is 4.82. The van der Waals surface area contributed by atoms with Crippen LogP contribution >= 0.6 is 11.6 Å². The van der Waals surface area contributed by atoms with Crippen LogP contribution in [0.15, 0.2) is 45.6 Å². The van der Waals surface area contributed by atoms with Gasteiger partial charge >= 0.3 is 11.9 Å². The summed E-state index contributed by atoms with van der Waals surface area (Å²) in [5.41, 5.74) is -0.975. The predicted octanol–water partition coefficient (Wildman–Crippen LogP) is 4.25. The molecular weight excluding hydrogens is 427 g/mol. The first-order valence-electron chi connectivity index (χ1n) is 8.62. The van der Waals surface area contributed by atoms with Crippen molar-refractivity contribution in [2.45, 2.75) is 26.1 Å². The number of aromatic nitrogens is 1. The number of rotatable bonds is 5. The summed E-state index contributed by atoms with van der Waals surface area (Å²) in [4.78, 5) is 35.3. The predicted molar refractivity (Wildman–Crippen MR) is 104 cm³/mol. The van der Waals surface area contributed by atoms with Gasteiger partial charge in [0.2, 0.25) is 11.8 Å². The molecule has 0 saturated heterocycles. The zero-order chi connectivity index (χ0) is 22.1. The number of benzene rings is 2. The lowest BCUT2D eigenvalue weighted by Crippen LogP contribution is -2.21. The zero-order valence-electron chi connectivity index (χ0n) is 15.5. The molecule has 0 aliphatic heterocycles. The third-order valence-electron chi connectivity index (χ3n) is 4.11. The largest absolute Gasteiger partial charge is 0.419 e. The standard InChI is InChI=1S/C19H15ClF3N3O4/c1-10(27)24-12-3-4-14(13(9-12)19(21,22)23)25-17(28)6-7-26-15-5-2-11(20)8-16(15)30-18(26)29/h2-5,8-9H,6-7H2,1H3,(H,24,27)(H,25,28). The summed E-state index contributed by atoms with van der Waals surface area (Å²) in [6, 6.07) is 7.55. The maximum atomic E-state index is 13.4. The van der Waals surface area contributed by atoms with Crippen LogP contribution in [0, 0.1) is 0 Å². The van der Waals surface area contributed by atoms with E-state index in [4.69, 9.17) is 16.0 Å². The number of carbonyl (C=O) groups is 2. The summed E-state index contributed by atoms with van der Waals surface area (Å²) in [6.07, 6.45) is -5.03. The number of anilines is 2. The van der Waals surface area contributed by atoms with Gasteiger partial charge < -0.3 is 15.1 Å². The van der Waals surface area contributed by atoms with Gasteiger partial charge in [-0.15, -0.1) is 0 Å². The highest BCUT2D eigenvalue weighted by atomic mass is 35.5. The molecule has 0 spiro atoms. The lowest BCUT2D eigenvalue weighted by molar-refractivity contribution is -0.137. The molecule has 1 heterocycles. The molecule has 0 bridgehead atoms. The van der Waals surface area contributed by atoms with Crippen LogP contribution in [0.1, 0.15) is 18.9 Å². The van der Waals surface area contributed by atoms with Crippen LogP contribution in [0.4, 0.5) is 24.5 Å². The summed E-state index contributed by atoms with van der Waals surface area (Å²) < 4.78 is 46.3. The molecule has 2 aromatic carbocycles. The van der Waals surface area contributed by atoms with Crippen LogP contribution in [-0.2, 0) is 22.3 Å². The lowest BCUT2D eigenvalue weighted by atomic mass is 10.1. The quantitative estimate of drug-likeness (QED) is 0.619. The molecule has 2 amide bonds. The summed E-state index contributed by atoms with van der Waals surface area (Å²) in [7, 11) is 0. The van der Waals surface area contributed by atoms with Crippen molar-refractivity contribution < 1.29 is 27.2 Å². The van der Waals surface area contributed by atoms with Crippen LogP contribution in [0.3, 0.4) is 0 Å². The van der Waals surface area contributed by atoms with Gasteiger partial charge in [0.25, 0.3) is 0 Å². The number of alkyl halides is 3. The van der Waals surface area contributed by atoms with E-state index >= 15 is 0 Å². The number of nitrogens with one attached hydrogen (secondary N) is 2. The Morgan fingerprint density at radius 2 is 1.87 bits per heavy atom. The summed E-state index contributed by atoms with van der Waals surface area (Å²) >= 11 is 5.84. The number of fused-ring (bicyclic) bond motifs is 1. The number of hydrogen-bond acceptors (Lipinski definition) is 4. The van der Waals surface area contributed by atoms with Crippen LogP contribution in [0.5, 0.6) is 0 Å². The molecule has 7 nitrogen and oxygen atoms in total. The van der Waals surface area contributed by atoms with Gasteiger partial charge in [-0.25, -0.2) is 4.79 Å². The molecular formula is C19H15ClF3N3O4. The smallest absolute Gasteiger partial charge is 0.408 e. The van der Waals surface area contributed by atoms with Crippen molar-refractivity contribution in [2.24, 2.45) is 0 Å². The topological polar surface area (TPSA) is 93.3 Å². The number of halogens is 4. The minimum atomic E-state index is -4.76. The monoisotopic (exact) mass is 441 g/mol. The fraction of sp³-hybridized carbons (Fsp3) is 0.211. The number of oxazole rings is 1. The Bertz CT molecular complexity index is 1180. The van der Waals surface area contributed by atoms with Gasteiger partial charge in [-0.1, -0.05) is 11.6 Å². The molecule has 0 saturated carbocycles. The Morgan fingerprint density at radius 3 is 2.53 bits per heavy atom. The molecule has 3 rings (SSSR count). The van der Waals surface area contributed by atoms with Crippen molar-refractivity contribution in [1.29, 1.82) is 0 Å². The number of amides is 2. The fourth-order valence-electron chi connectivity index (χ4n) is 2.85. The normalized spacial score (nSPS) is 11.5. The third kappa shape index (κ3) is 4.82. The zero-order valence-corrected chi connectivity index (χ0v) is 16.2. The molecule has 30 heavy (non-hydrogen) atoms. The van der Waals surface area contributed by atoms with Crippen molar-refractivity contribution >= 4 is 45.9 Å². The molecule has 0 radical (unpaired) electrons. The minimum absolute atomic E-state index is 0.0529. The minimum Gasteiger partial charge on any atom is -0.408 e. The van der Waals surface area contributed by atoms with Crippen LogP contribution in [0.2, 0.25) is 5.02 Å². The van der Waals surface area contributed by atoms with E-state index in [-0.39, 0.29) is 24.2 Å². The molecule has 0 fully saturated rings. The molecule has 0 aliphatic carbocycles. The summed E-state index contributed by atoms with van der Waals surface area (Å²) in [5.74, 6) is -1.97. The van der Waals surface area contributed by atoms with Gasteiger partial charge in [-0.3, -0.25) is 14.2 Å². The highest BCUT2D eigenvalue weighted by molar-refractivity contribution is 6.31. The van der Waals surface area contributed by atoms with Gasteiger partial charge in [-0.05, 0) is 30.3 Å². The molecule has 1 aromatic heterocycles. The van der Waals surface area contributed by atoms with Gasteiger partial charge in [-0.2, -0.15) is 13.2 Å². The first-order valence-corrected chi connectivity index (χ1v) is 9.00. The van der Waals surface area contributed by atoms with E-state index in [0.717, 1.165) is 12.1 Å². The molecule has 11 heteroatoms. The first-order chi connectivity index (χ1) is 14.0. The number of nitrogens with zero attached hydrogens (tertiary/aromatic N) is 1. The maximum Gasteiger partial charge on any atom is 0.419 e. The Hall–Kier alpha value is -3.27. The van der Waals surface area contributed by atoms with Gasteiger partial charge in [0.1, 0.15) is 0 Å². The number of hydrogen-bond donors (Lipinski definition) is 2. The Labute approximate surface area is 172 Å². The van der Waals surface area contributed by atoms with E-state index in [1.807, 2.05) is 0 Å². The second-order valence-corrected chi connectivity index (χ2v) is 6.81. The molecule has 158 valence electrons. The van der Waals surface area contributed by atoms with E-state index in [2.05, 4.69) is 10.6 Å². The Kier molecular flexibility index (Phi) is 5.88. The first kappa shape index (κ1) is 21.4. The highest BCUT2D eigenvalue weighted by Gasteiger charge is 2.34. The third-order valence-corrected chi connectivity index (χ3v) is 4.35. The lowest BCUT2D eigenvalue weighted by Gasteiger charge is -2.15. The number of aryl methyl sites for hydroxylation is 1. The summed E-state index contributed by atoms with van der Waals surface area (Å²) in [6.45, 7) is 1.06. The Morgan fingerprint density at radius 1 is 1.13 bits per heavy atom. The molecule has 0 unspecified atom stereocenters. The average Bonchev–Trinajstić information content (AvgIpc) is 2.94. The molecule has 3 aromatic rings. The van der Waals surface area contributed by atoms with Gasteiger partial charge in [0.05, 0.1) is 16.8 Å². The second-order valence-electron chi connectivity index (χ2n) is 6.37. The highest BCUT2D eigenvalue weighted by Crippen LogP contribution is 2.36. The van der Waals surface area contributed by atoms with Crippen molar-refractivity contribution in [3.05, 3.63) is 57.5 Å². The molecule has 0 aliphatic rings.